The monoisotopic (exact) mass is 260 g/mol. The summed E-state index contributed by atoms with van der Waals surface area (Å²) >= 11 is 0. The van der Waals surface area contributed by atoms with Gasteiger partial charge in [0.25, 0.3) is 0 Å². The highest BCUT2D eigenvalue weighted by molar-refractivity contribution is 5.92. The summed E-state index contributed by atoms with van der Waals surface area (Å²) in [4.78, 5) is 11.6. The zero-order valence-electron chi connectivity index (χ0n) is 9.68. The maximum Gasteiger partial charge on any atom is 0.231 e. The van der Waals surface area contributed by atoms with Crippen LogP contribution in [0.25, 0.3) is 0 Å². The molecule has 0 saturated carbocycles. The lowest BCUT2D eigenvalue weighted by Crippen LogP contribution is -2.48. The van der Waals surface area contributed by atoms with Gasteiger partial charge >= 0.3 is 0 Å². The molecule has 0 unspecified atom stereocenters. The third-order valence-corrected chi connectivity index (χ3v) is 2.57. The van der Waals surface area contributed by atoms with Gasteiger partial charge in [-0.05, 0) is 0 Å². The Bertz CT molecular complexity index is 365. The van der Waals surface area contributed by atoms with Crippen molar-refractivity contribution in [3.8, 4) is 0 Å². The van der Waals surface area contributed by atoms with Crippen molar-refractivity contribution in [1.82, 2.24) is 15.1 Å². The van der Waals surface area contributed by atoms with Crippen molar-refractivity contribution in [1.29, 1.82) is 0 Å². The van der Waals surface area contributed by atoms with Gasteiger partial charge in [-0.25, -0.2) is 0 Å². The Morgan fingerprint density at radius 2 is 2.47 bits per heavy atom. The number of carbonyl (C=O) groups is 1. The molecule has 2 heterocycles. The first kappa shape index (κ1) is 14.0. The number of halogens is 1. The van der Waals surface area contributed by atoms with Gasteiger partial charge in [0.15, 0.2) is 5.82 Å². The van der Waals surface area contributed by atoms with Crippen LogP contribution in [-0.2, 0) is 16.1 Å². The Morgan fingerprint density at radius 3 is 3.06 bits per heavy atom. The molecule has 0 bridgehead atoms. The van der Waals surface area contributed by atoms with Crippen LogP contribution >= 0.6 is 12.4 Å². The van der Waals surface area contributed by atoms with Crippen molar-refractivity contribution < 1.29 is 9.53 Å². The Morgan fingerprint density at radius 1 is 1.71 bits per heavy atom. The van der Waals surface area contributed by atoms with E-state index in [1.54, 1.807) is 17.9 Å². The minimum absolute atomic E-state index is 0. The second-order valence-corrected chi connectivity index (χ2v) is 3.80. The van der Waals surface area contributed by atoms with Crippen molar-refractivity contribution in [2.75, 3.05) is 32.1 Å². The van der Waals surface area contributed by atoms with E-state index in [9.17, 15) is 4.79 Å². The zero-order valence-corrected chi connectivity index (χ0v) is 10.5. The number of carbonyl (C=O) groups excluding carboxylic acids is 1. The Kier molecular flexibility index (Phi) is 5.40. The summed E-state index contributed by atoms with van der Waals surface area (Å²) in [5.74, 6) is 0.730. The van der Waals surface area contributed by atoms with Gasteiger partial charge in [-0.3, -0.25) is 9.48 Å². The molecule has 0 spiro atoms. The van der Waals surface area contributed by atoms with E-state index in [0.717, 1.165) is 13.1 Å². The van der Waals surface area contributed by atoms with Crippen molar-refractivity contribution in [2.45, 2.75) is 6.54 Å². The largest absolute Gasteiger partial charge is 0.383 e. The van der Waals surface area contributed by atoms with E-state index < -0.39 is 0 Å². The molecule has 1 amide bonds. The van der Waals surface area contributed by atoms with E-state index in [4.69, 9.17) is 4.74 Å². The van der Waals surface area contributed by atoms with Crippen LogP contribution in [-0.4, -0.2) is 42.5 Å². The molecule has 1 aliphatic rings. The predicted molar refractivity (Wildman–Crippen MR) is 66.3 cm³/mol. The molecule has 2 rings (SSSR count). The van der Waals surface area contributed by atoms with Gasteiger partial charge in [0.05, 0.1) is 19.1 Å². The average molecular weight is 261 g/mol. The van der Waals surface area contributed by atoms with Crippen molar-refractivity contribution in [3.05, 3.63) is 12.3 Å². The second kappa shape index (κ2) is 6.58. The summed E-state index contributed by atoms with van der Waals surface area (Å²) in [5.41, 5.74) is 0. The summed E-state index contributed by atoms with van der Waals surface area (Å²) < 4.78 is 6.69. The first-order valence-corrected chi connectivity index (χ1v) is 5.33. The van der Waals surface area contributed by atoms with Crippen molar-refractivity contribution >= 4 is 24.1 Å². The molecule has 1 aliphatic heterocycles. The summed E-state index contributed by atoms with van der Waals surface area (Å²) in [6, 6.07) is 1.79. The van der Waals surface area contributed by atoms with Crippen LogP contribution in [0.15, 0.2) is 12.3 Å². The molecular weight excluding hydrogens is 244 g/mol. The summed E-state index contributed by atoms with van der Waals surface area (Å²) in [7, 11) is 1.65. The fraction of sp³-hybridized carbons (Fsp3) is 0.600. The van der Waals surface area contributed by atoms with Crippen LogP contribution in [0.3, 0.4) is 0 Å². The number of hydrogen-bond donors (Lipinski definition) is 2. The van der Waals surface area contributed by atoms with Gasteiger partial charge in [0.2, 0.25) is 5.91 Å². The molecule has 6 nitrogen and oxygen atoms in total. The predicted octanol–water partition coefficient (Wildman–Crippen LogP) is 0.109. The lowest BCUT2D eigenvalue weighted by atomic mass is 10.0. The molecule has 1 aromatic rings. The number of ether oxygens (including phenoxy) is 1. The van der Waals surface area contributed by atoms with E-state index in [2.05, 4.69) is 15.7 Å². The summed E-state index contributed by atoms with van der Waals surface area (Å²) in [6.07, 6.45) is 1.83. The normalized spacial score (nSPS) is 14.9. The minimum atomic E-state index is 0. The maximum absolute atomic E-state index is 11.6. The average Bonchev–Trinajstić information content (AvgIpc) is 2.59. The molecule has 0 radical (unpaired) electrons. The number of aromatic nitrogens is 2. The van der Waals surface area contributed by atoms with E-state index in [-0.39, 0.29) is 24.2 Å². The van der Waals surface area contributed by atoms with Crippen molar-refractivity contribution in [3.63, 3.8) is 0 Å². The topological polar surface area (TPSA) is 68.2 Å². The molecule has 7 heteroatoms. The number of methoxy groups -OCH3 is 1. The van der Waals surface area contributed by atoms with Gasteiger partial charge in [-0.1, -0.05) is 0 Å². The van der Waals surface area contributed by atoms with Crippen LogP contribution in [0, 0.1) is 5.92 Å². The Labute approximate surface area is 106 Å². The van der Waals surface area contributed by atoms with Crippen LogP contribution in [0.1, 0.15) is 0 Å². The number of nitrogens with one attached hydrogen (secondary N) is 2. The van der Waals surface area contributed by atoms with Crippen LogP contribution in [0.2, 0.25) is 0 Å². The second-order valence-electron chi connectivity index (χ2n) is 3.80. The molecule has 96 valence electrons. The highest BCUT2D eigenvalue weighted by Gasteiger charge is 2.25. The number of rotatable bonds is 5. The SMILES string of the molecule is COCCn1ccc(NC(=O)C2CNC2)n1.Cl. The molecule has 17 heavy (non-hydrogen) atoms. The van der Waals surface area contributed by atoms with Gasteiger partial charge in [-0.2, -0.15) is 5.10 Å². The maximum atomic E-state index is 11.6. The lowest BCUT2D eigenvalue weighted by molar-refractivity contribution is -0.121. The molecular formula is C10H17ClN4O2. The molecule has 1 aromatic heterocycles. The number of hydrogen-bond acceptors (Lipinski definition) is 4. The van der Waals surface area contributed by atoms with E-state index >= 15 is 0 Å². The fourth-order valence-electron chi connectivity index (χ4n) is 1.44. The fourth-order valence-corrected chi connectivity index (χ4v) is 1.44. The van der Waals surface area contributed by atoms with E-state index in [1.807, 2.05) is 6.20 Å². The molecule has 1 saturated heterocycles. The molecule has 1 fully saturated rings. The van der Waals surface area contributed by atoms with Crippen LogP contribution < -0.4 is 10.6 Å². The molecule has 0 atom stereocenters. The van der Waals surface area contributed by atoms with Gasteiger partial charge in [0.1, 0.15) is 0 Å². The van der Waals surface area contributed by atoms with Crippen LogP contribution in [0.5, 0.6) is 0 Å². The zero-order chi connectivity index (χ0) is 11.4. The Balaban J connectivity index is 0.00000144. The third kappa shape index (κ3) is 3.69. The van der Waals surface area contributed by atoms with Crippen molar-refractivity contribution in [2.24, 2.45) is 5.92 Å². The summed E-state index contributed by atoms with van der Waals surface area (Å²) in [5, 5.41) is 10.1. The third-order valence-electron chi connectivity index (χ3n) is 2.57. The van der Waals surface area contributed by atoms with Gasteiger partial charge in [0, 0.05) is 32.5 Å². The van der Waals surface area contributed by atoms with E-state index in [0.29, 0.717) is 19.0 Å². The number of anilines is 1. The molecule has 0 aromatic carbocycles. The van der Waals surface area contributed by atoms with Gasteiger partial charge in [-0.15, -0.1) is 12.4 Å². The lowest BCUT2D eigenvalue weighted by Gasteiger charge is -2.25. The van der Waals surface area contributed by atoms with E-state index in [1.165, 1.54) is 0 Å². The highest BCUT2D eigenvalue weighted by Crippen LogP contribution is 2.08. The quantitative estimate of drug-likeness (QED) is 0.789. The summed E-state index contributed by atoms with van der Waals surface area (Å²) in [6.45, 7) is 2.82. The smallest absolute Gasteiger partial charge is 0.231 e. The van der Waals surface area contributed by atoms with Gasteiger partial charge < -0.3 is 15.4 Å². The standard InChI is InChI=1S/C10H16N4O2.ClH/c1-16-5-4-14-3-2-9(13-14)12-10(15)8-6-11-7-8;/h2-3,8,11H,4-7H2,1H3,(H,12,13,15);1H. The van der Waals surface area contributed by atoms with Crippen LogP contribution in [0.4, 0.5) is 5.82 Å². The highest BCUT2D eigenvalue weighted by atomic mass is 35.5. The number of amides is 1. The molecule has 2 N–H and O–H groups in total. The first-order chi connectivity index (χ1) is 7.79. The Hall–Kier alpha value is -1.11. The minimum Gasteiger partial charge on any atom is -0.383 e. The number of nitrogens with zero attached hydrogens (tertiary/aromatic N) is 2. The molecule has 0 aliphatic carbocycles. The first-order valence-electron chi connectivity index (χ1n) is 5.33.